The molecule has 0 bridgehead atoms. The van der Waals surface area contributed by atoms with Gasteiger partial charge in [-0.15, -0.1) is 0 Å². The minimum atomic E-state index is -0.420. The molecule has 28 heavy (non-hydrogen) atoms. The zero-order chi connectivity index (χ0) is 19.8. The molecule has 0 heterocycles. The zero-order valence-electron chi connectivity index (χ0n) is 15.8. The SMILES string of the molecule is COc1ccccc1CCNC(=O)COC(=O)Cc1cccc2ccccc12. The normalized spacial score (nSPS) is 10.5. The van der Waals surface area contributed by atoms with E-state index in [1.165, 1.54) is 0 Å². The molecule has 0 aliphatic heterocycles. The Morgan fingerprint density at radius 3 is 2.46 bits per heavy atom. The summed E-state index contributed by atoms with van der Waals surface area (Å²) in [5.41, 5.74) is 1.90. The fourth-order valence-electron chi connectivity index (χ4n) is 3.10. The molecule has 5 nitrogen and oxygen atoms in total. The van der Waals surface area contributed by atoms with Gasteiger partial charge in [0.25, 0.3) is 5.91 Å². The van der Waals surface area contributed by atoms with Gasteiger partial charge in [-0.1, -0.05) is 60.7 Å². The minimum Gasteiger partial charge on any atom is -0.496 e. The molecular formula is C23H23NO4. The molecule has 144 valence electrons. The Hall–Kier alpha value is -3.34. The number of carbonyl (C=O) groups is 2. The van der Waals surface area contributed by atoms with Gasteiger partial charge in [-0.05, 0) is 34.4 Å². The lowest BCUT2D eigenvalue weighted by atomic mass is 10.0. The van der Waals surface area contributed by atoms with Crippen molar-refractivity contribution < 1.29 is 19.1 Å². The molecule has 0 spiro atoms. The van der Waals surface area contributed by atoms with Gasteiger partial charge in [-0.2, -0.15) is 0 Å². The van der Waals surface area contributed by atoms with Crippen LogP contribution in [0.3, 0.4) is 0 Å². The minimum absolute atomic E-state index is 0.135. The second-order valence-corrected chi connectivity index (χ2v) is 6.39. The van der Waals surface area contributed by atoms with Crippen molar-refractivity contribution in [2.45, 2.75) is 12.8 Å². The first-order valence-electron chi connectivity index (χ1n) is 9.18. The van der Waals surface area contributed by atoms with Crippen molar-refractivity contribution in [3.8, 4) is 5.75 Å². The second kappa shape index (κ2) is 9.55. The third-order valence-electron chi connectivity index (χ3n) is 4.49. The highest BCUT2D eigenvalue weighted by molar-refractivity contribution is 5.89. The molecule has 0 unspecified atom stereocenters. The molecule has 5 heteroatoms. The van der Waals surface area contributed by atoms with Crippen molar-refractivity contribution >= 4 is 22.6 Å². The van der Waals surface area contributed by atoms with E-state index in [9.17, 15) is 9.59 Å². The van der Waals surface area contributed by atoms with Crippen LogP contribution >= 0.6 is 0 Å². The van der Waals surface area contributed by atoms with Crippen molar-refractivity contribution in [1.29, 1.82) is 0 Å². The molecule has 1 N–H and O–H groups in total. The first-order valence-corrected chi connectivity index (χ1v) is 9.18. The van der Waals surface area contributed by atoms with E-state index >= 15 is 0 Å². The number of nitrogens with one attached hydrogen (secondary N) is 1. The Balaban J connectivity index is 1.44. The van der Waals surface area contributed by atoms with Gasteiger partial charge in [0.2, 0.25) is 0 Å². The van der Waals surface area contributed by atoms with E-state index in [2.05, 4.69) is 5.32 Å². The van der Waals surface area contributed by atoms with Gasteiger partial charge < -0.3 is 14.8 Å². The van der Waals surface area contributed by atoms with E-state index < -0.39 is 5.97 Å². The number of hydrogen-bond acceptors (Lipinski definition) is 4. The number of amides is 1. The van der Waals surface area contributed by atoms with E-state index in [-0.39, 0.29) is 18.9 Å². The Bertz CT molecular complexity index is 962. The van der Waals surface area contributed by atoms with Gasteiger partial charge in [0.1, 0.15) is 5.75 Å². The highest BCUT2D eigenvalue weighted by Gasteiger charge is 2.11. The molecule has 0 aromatic heterocycles. The van der Waals surface area contributed by atoms with Gasteiger partial charge in [0.15, 0.2) is 6.61 Å². The van der Waals surface area contributed by atoms with Crippen LogP contribution in [0.5, 0.6) is 5.75 Å². The Labute approximate surface area is 164 Å². The molecule has 3 rings (SSSR count). The lowest BCUT2D eigenvalue weighted by Crippen LogP contribution is -2.30. The Kier molecular flexibility index (Phi) is 6.63. The maximum Gasteiger partial charge on any atom is 0.310 e. The number of ether oxygens (including phenoxy) is 2. The molecule has 0 saturated heterocycles. The molecule has 1 amide bonds. The van der Waals surface area contributed by atoms with Crippen molar-refractivity contribution in [1.82, 2.24) is 5.32 Å². The van der Waals surface area contributed by atoms with E-state index in [4.69, 9.17) is 9.47 Å². The van der Waals surface area contributed by atoms with Crippen molar-refractivity contribution in [2.75, 3.05) is 20.3 Å². The number of benzene rings is 3. The maximum absolute atomic E-state index is 12.1. The summed E-state index contributed by atoms with van der Waals surface area (Å²) in [5, 5.41) is 4.85. The van der Waals surface area contributed by atoms with E-state index in [1.54, 1.807) is 7.11 Å². The summed E-state index contributed by atoms with van der Waals surface area (Å²) >= 11 is 0. The topological polar surface area (TPSA) is 64.6 Å². The van der Waals surface area contributed by atoms with Crippen LogP contribution in [0.15, 0.2) is 66.7 Å². The van der Waals surface area contributed by atoms with Crippen LogP contribution in [-0.4, -0.2) is 32.1 Å². The molecular weight excluding hydrogens is 354 g/mol. The highest BCUT2D eigenvalue weighted by atomic mass is 16.5. The van der Waals surface area contributed by atoms with Crippen molar-refractivity contribution in [3.63, 3.8) is 0 Å². The zero-order valence-corrected chi connectivity index (χ0v) is 15.8. The van der Waals surface area contributed by atoms with Crippen molar-refractivity contribution in [2.24, 2.45) is 0 Å². The summed E-state index contributed by atoms with van der Waals surface area (Å²) in [7, 11) is 1.62. The predicted octanol–water partition coefficient (Wildman–Crippen LogP) is 3.29. The summed E-state index contributed by atoms with van der Waals surface area (Å²) in [6.07, 6.45) is 0.773. The lowest BCUT2D eigenvalue weighted by molar-refractivity contribution is -0.147. The molecule has 0 aliphatic carbocycles. The maximum atomic E-state index is 12.1. The van der Waals surface area contributed by atoms with Gasteiger partial charge in [-0.25, -0.2) is 0 Å². The fraction of sp³-hybridized carbons (Fsp3) is 0.217. The number of esters is 1. The van der Waals surface area contributed by atoms with Crippen LogP contribution in [0.4, 0.5) is 0 Å². The molecule has 0 radical (unpaired) electrons. The van der Waals surface area contributed by atoms with Crippen LogP contribution < -0.4 is 10.1 Å². The largest absolute Gasteiger partial charge is 0.496 e. The van der Waals surface area contributed by atoms with Crippen molar-refractivity contribution in [3.05, 3.63) is 77.9 Å². The smallest absolute Gasteiger partial charge is 0.310 e. The van der Waals surface area contributed by atoms with E-state index in [0.717, 1.165) is 27.6 Å². The number of rotatable bonds is 8. The van der Waals surface area contributed by atoms with E-state index in [0.29, 0.717) is 13.0 Å². The van der Waals surface area contributed by atoms with Crippen LogP contribution in [0.2, 0.25) is 0 Å². The monoisotopic (exact) mass is 377 g/mol. The molecule has 3 aromatic rings. The van der Waals surface area contributed by atoms with E-state index in [1.807, 2.05) is 66.7 Å². The Morgan fingerprint density at radius 1 is 0.893 bits per heavy atom. The highest BCUT2D eigenvalue weighted by Crippen LogP contribution is 2.19. The van der Waals surface area contributed by atoms with Gasteiger partial charge in [0, 0.05) is 6.54 Å². The predicted molar refractivity (Wildman–Crippen MR) is 108 cm³/mol. The van der Waals surface area contributed by atoms with Crippen LogP contribution in [0, 0.1) is 0 Å². The number of carbonyl (C=O) groups excluding carboxylic acids is 2. The number of fused-ring (bicyclic) bond motifs is 1. The Morgan fingerprint density at radius 2 is 1.61 bits per heavy atom. The number of methoxy groups -OCH3 is 1. The van der Waals surface area contributed by atoms with Gasteiger partial charge >= 0.3 is 5.97 Å². The van der Waals surface area contributed by atoms with Gasteiger partial charge in [-0.3, -0.25) is 9.59 Å². The third kappa shape index (κ3) is 5.10. The quantitative estimate of drug-likeness (QED) is 0.612. The molecule has 0 fully saturated rings. The molecule has 0 aliphatic rings. The summed E-state index contributed by atoms with van der Waals surface area (Å²) in [5.74, 6) is 0.0515. The first-order chi connectivity index (χ1) is 13.7. The first kappa shape index (κ1) is 19.4. The number of para-hydroxylation sites is 1. The molecule has 3 aromatic carbocycles. The summed E-state index contributed by atoms with van der Waals surface area (Å²) < 4.78 is 10.4. The average molecular weight is 377 g/mol. The second-order valence-electron chi connectivity index (χ2n) is 6.39. The molecule has 0 saturated carbocycles. The summed E-state index contributed by atoms with van der Waals surface area (Å²) in [4.78, 5) is 24.1. The van der Waals surface area contributed by atoms with Crippen LogP contribution in [-0.2, 0) is 27.2 Å². The average Bonchev–Trinajstić information content (AvgIpc) is 2.73. The summed E-state index contributed by atoms with van der Waals surface area (Å²) in [6, 6.07) is 21.3. The third-order valence-corrected chi connectivity index (χ3v) is 4.49. The standard InChI is InChI=1S/C23H23NO4/c1-27-21-12-5-3-8-18(21)13-14-24-22(25)16-28-23(26)15-19-10-6-9-17-7-2-4-11-20(17)19/h2-12H,13-16H2,1H3,(H,24,25). The lowest BCUT2D eigenvalue weighted by Gasteiger charge is -2.10. The summed E-state index contributed by atoms with van der Waals surface area (Å²) in [6.45, 7) is 0.162. The van der Waals surface area contributed by atoms with Crippen LogP contribution in [0.1, 0.15) is 11.1 Å². The van der Waals surface area contributed by atoms with Gasteiger partial charge in [0.05, 0.1) is 13.5 Å². The fourth-order valence-corrected chi connectivity index (χ4v) is 3.10. The number of hydrogen-bond donors (Lipinski definition) is 1. The molecule has 0 atom stereocenters. The van der Waals surface area contributed by atoms with Crippen LogP contribution in [0.25, 0.3) is 10.8 Å².